The Balaban J connectivity index is 2.42. The molecule has 0 saturated heterocycles. The van der Waals surface area contributed by atoms with Crippen molar-refractivity contribution in [1.82, 2.24) is 9.78 Å². The number of benzene rings is 1. The van der Waals surface area contributed by atoms with Crippen molar-refractivity contribution in [2.24, 2.45) is 12.8 Å². The lowest BCUT2D eigenvalue weighted by molar-refractivity contribution is 0.408. The first-order valence-electron chi connectivity index (χ1n) is 5.19. The highest BCUT2D eigenvalue weighted by Crippen LogP contribution is 2.30. The van der Waals surface area contributed by atoms with Crippen LogP contribution in [0.5, 0.6) is 5.75 Å². The fourth-order valence-electron chi connectivity index (χ4n) is 1.73. The summed E-state index contributed by atoms with van der Waals surface area (Å²) in [7, 11) is 3.47. The molecule has 90 valence electrons. The summed E-state index contributed by atoms with van der Waals surface area (Å²) in [4.78, 5) is 0. The summed E-state index contributed by atoms with van der Waals surface area (Å²) >= 11 is 5.98. The van der Waals surface area contributed by atoms with E-state index in [2.05, 4.69) is 5.10 Å². The van der Waals surface area contributed by atoms with E-state index in [1.807, 2.05) is 25.4 Å². The molecule has 1 aromatic heterocycles. The monoisotopic (exact) mass is 251 g/mol. The number of aryl methyl sites for hydroxylation is 1. The summed E-state index contributed by atoms with van der Waals surface area (Å²) in [6.45, 7) is 0. The van der Waals surface area contributed by atoms with Gasteiger partial charge in [-0.25, -0.2) is 0 Å². The molecule has 0 fully saturated rings. The summed E-state index contributed by atoms with van der Waals surface area (Å²) < 4.78 is 7.00. The third-order valence-electron chi connectivity index (χ3n) is 2.61. The molecule has 0 aliphatic carbocycles. The van der Waals surface area contributed by atoms with E-state index in [1.165, 1.54) is 0 Å². The van der Waals surface area contributed by atoms with Gasteiger partial charge in [0.2, 0.25) is 0 Å². The number of ether oxygens (including phenoxy) is 1. The van der Waals surface area contributed by atoms with Gasteiger partial charge in [0.15, 0.2) is 0 Å². The molecule has 2 aromatic rings. The molecule has 0 bridgehead atoms. The van der Waals surface area contributed by atoms with E-state index in [1.54, 1.807) is 24.1 Å². The first-order chi connectivity index (χ1) is 8.11. The molecule has 5 heteroatoms. The van der Waals surface area contributed by atoms with Crippen LogP contribution >= 0.6 is 11.6 Å². The predicted molar refractivity (Wildman–Crippen MR) is 67.2 cm³/mol. The summed E-state index contributed by atoms with van der Waals surface area (Å²) in [6.07, 6.45) is 3.62. The van der Waals surface area contributed by atoms with Crippen LogP contribution in [0.1, 0.15) is 17.2 Å². The molecule has 0 spiro atoms. The SMILES string of the molecule is COc1ccc(Cl)cc1C(N)c1cnn(C)c1. The predicted octanol–water partition coefficient (Wildman–Crippen LogP) is 2.13. The summed E-state index contributed by atoms with van der Waals surface area (Å²) in [5.41, 5.74) is 7.96. The van der Waals surface area contributed by atoms with Gasteiger partial charge in [0, 0.05) is 29.4 Å². The molecule has 0 aliphatic heterocycles. The number of nitrogens with zero attached hydrogens (tertiary/aromatic N) is 2. The second kappa shape index (κ2) is 4.77. The van der Waals surface area contributed by atoms with Gasteiger partial charge >= 0.3 is 0 Å². The lowest BCUT2D eigenvalue weighted by Crippen LogP contribution is -2.12. The lowest BCUT2D eigenvalue weighted by atomic mass is 10.0. The Hall–Kier alpha value is -1.52. The number of hydrogen-bond donors (Lipinski definition) is 1. The molecular weight excluding hydrogens is 238 g/mol. The quantitative estimate of drug-likeness (QED) is 0.909. The highest BCUT2D eigenvalue weighted by Gasteiger charge is 2.15. The van der Waals surface area contributed by atoms with Crippen molar-refractivity contribution in [1.29, 1.82) is 0 Å². The van der Waals surface area contributed by atoms with Crippen molar-refractivity contribution in [2.75, 3.05) is 7.11 Å². The van der Waals surface area contributed by atoms with Crippen LogP contribution in [0, 0.1) is 0 Å². The second-order valence-corrected chi connectivity index (χ2v) is 4.25. The minimum atomic E-state index is -0.294. The van der Waals surface area contributed by atoms with Gasteiger partial charge < -0.3 is 10.5 Å². The highest BCUT2D eigenvalue weighted by atomic mass is 35.5. The van der Waals surface area contributed by atoms with Crippen molar-refractivity contribution in [3.63, 3.8) is 0 Å². The van der Waals surface area contributed by atoms with Gasteiger partial charge in [0.25, 0.3) is 0 Å². The topological polar surface area (TPSA) is 53.1 Å². The lowest BCUT2D eigenvalue weighted by Gasteiger charge is -2.14. The van der Waals surface area contributed by atoms with Crippen LogP contribution in [0.4, 0.5) is 0 Å². The molecule has 1 aromatic carbocycles. The molecule has 1 heterocycles. The molecule has 2 rings (SSSR count). The van der Waals surface area contributed by atoms with Crippen molar-refractivity contribution < 1.29 is 4.74 Å². The van der Waals surface area contributed by atoms with Crippen molar-refractivity contribution in [2.45, 2.75) is 6.04 Å². The molecule has 0 aliphatic rings. The molecule has 4 nitrogen and oxygen atoms in total. The normalized spacial score (nSPS) is 12.5. The Labute approximate surface area is 105 Å². The standard InChI is InChI=1S/C12H14ClN3O/c1-16-7-8(6-15-16)12(14)10-5-9(13)3-4-11(10)17-2/h3-7,12H,14H2,1-2H3. The number of hydrogen-bond acceptors (Lipinski definition) is 3. The summed E-state index contributed by atoms with van der Waals surface area (Å²) in [5, 5.41) is 4.74. The van der Waals surface area contributed by atoms with Crippen LogP contribution in [0.2, 0.25) is 5.02 Å². The highest BCUT2D eigenvalue weighted by molar-refractivity contribution is 6.30. The molecule has 1 unspecified atom stereocenters. The maximum absolute atomic E-state index is 6.18. The van der Waals surface area contributed by atoms with Crippen LogP contribution < -0.4 is 10.5 Å². The van der Waals surface area contributed by atoms with Crippen LogP contribution in [-0.4, -0.2) is 16.9 Å². The maximum Gasteiger partial charge on any atom is 0.124 e. The fraction of sp³-hybridized carbons (Fsp3) is 0.250. The molecule has 17 heavy (non-hydrogen) atoms. The van der Waals surface area contributed by atoms with E-state index < -0.39 is 0 Å². The number of halogens is 1. The summed E-state index contributed by atoms with van der Waals surface area (Å²) in [6, 6.07) is 5.11. The zero-order chi connectivity index (χ0) is 12.4. The van der Waals surface area contributed by atoms with E-state index in [4.69, 9.17) is 22.1 Å². The third-order valence-corrected chi connectivity index (χ3v) is 2.85. The van der Waals surface area contributed by atoms with E-state index >= 15 is 0 Å². The van der Waals surface area contributed by atoms with E-state index in [0.29, 0.717) is 5.02 Å². The molecule has 0 amide bonds. The first kappa shape index (κ1) is 12.0. The van der Waals surface area contributed by atoms with Crippen LogP contribution in [-0.2, 0) is 7.05 Å². The first-order valence-corrected chi connectivity index (χ1v) is 5.57. The molecule has 0 saturated carbocycles. The van der Waals surface area contributed by atoms with Crippen molar-refractivity contribution in [3.05, 3.63) is 46.7 Å². The smallest absolute Gasteiger partial charge is 0.124 e. The number of rotatable bonds is 3. The largest absolute Gasteiger partial charge is 0.496 e. The van der Waals surface area contributed by atoms with Crippen molar-refractivity contribution >= 4 is 11.6 Å². The Kier molecular flexibility index (Phi) is 3.36. The van der Waals surface area contributed by atoms with Gasteiger partial charge in [-0.3, -0.25) is 4.68 Å². The molecular formula is C12H14ClN3O. The minimum Gasteiger partial charge on any atom is -0.496 e. The maximum atomic E-state index is 6.18. The van der Waals surface area contributed by atoms with Crippen LogP contribution in [0.3, 0.4) is 0 Å². The average Bonchev–Trinajstić information content (AvgIpc) is 2.75. The summed E-state index contributed by atoms with van der Waals surface area (Å²) in [5.74, 6) is 0.728. The average molecular weight is 252 g/mol. The third kappa shape index (κ3) is 2.43. The van der Waals surface area contributed by atoms with Gasteiger partial charge in [-0.15, -0.1) is 0 Å². The van der Waals surface area contributed by atoms with E-state index in [9.17, 15) is 0 Å². The molecule has 1 atom stereocenters. The van der Waals surface area contributed by atoms with Gasteiger partial charge in [-0.05, 0) is 18.2 Å². The molecule has 2 N–H and O–H groups in total. The zero-order valence-corrected chi connectivity index (χ0v) is 10.5. The van der Waals surface area contributed by atoms with E-state index in [0.717, 1.165) is 16.9 Å². The van der Waals surface area contributed by atoms with Gasteiger partial charge in [-0.1, -0.05) is 11.6 Å². The Morgan fingerprint density at radius 3 is 2.82 bits per heavy atom. The van der Waals surface area contributed by atoms with E-state index in [-0.39, 0.29) is 6.04 Å². The molecule has 0 radical (unpaired) electrons. The second-order valence-electron chi connectivity index (χ2n) is 3.81. The number of methoxy groups -OCH3 is 1. The number of nitrogens with two attached hydrogens (primary N) is 1. The van der Waals surface area contributed by atoms with Gasteiger partial charge in [0.05, 0.1) is 19.3 Å². The Morgan fingerprint density at radius 1 is 1.47 bits per heavy atom. The number of aromatic nitrogens is 2. The zero-order valence-electron chi connectivity index (χ0n) is 9.72. The van der Waals surface area contributed by atoms with Crippen LogP contribution in [0.15, 0.2) is 30.6 Å². The Bertz CT molecular complexity index is 524. The van der Waals surface area contributed by atoms with Crippen LogP contribution in [0.25, 0.3) is 0 Å². The van der Waals surface area contributed by atoms with Gasteiger partial charge in [0.1, 0.15) is 5.75 Å². The van der Waals surface area contributed by atoms with Gasteiger partial charge in [-0.2, -0.15) is 5.10 Å². The van der Waals surface area contributed by atoms with Crippen molar-refractivity contribution in [3.8, 4) is 5.75 Å². The Morgan fingerprint density at radius 2 is 2.24 bits per heavy atom. The fourth-order valence-corrected chi connectivity index (χ4v) is 1.91. The minimum absolute atomic E-state index is 0.294.